The second-order valence-electron chi connectivity index (χ2n) is 3.96. The zero-order valence-corrected chi connectivity index (χ0v) is 8.03. The molecule has 3 N–H and O–H groups in total. The summed E-state index contributed by atoms with van der Waals surface area (Å²) in [7, 11) is 0. The molecule has 72 valence electrons. The first-order valence-electron chi connectivity index (χ1n) is 4.77. The molecule has 0 aliphatic carbocycles. The molecular formula is C9H20N2O. The van der Waals surface area contributed by atoms with Crippen molar-refractivity contribution in [2.45, 2.75) is 44.8 Å². The third-order valence-electron chi connectivity index (χ3n) is 2.66. The molecule has 0 saturated carbocycles. The van der Waals surface area contributed by atoms with Gasteiger partial charge in [0.15, 0.2) is 0 Å². The number of hydrogen-bond acceptors (Lipinski definition) is 3. The zero-order valence-electron chi connectivity index (χ0n) is 8.03. The molecule has 0 spiro atoms. The molecule has 1 aliphatic rings. The lowest BCUT2D eigenvalue weighted by molar-refractivity contribution is 0.0569. The first-order valence-corrected chi connectivity index (χ1v) is 4.77. The number of aliphatic hydroxyl groups is 1. The fourth-order valence-corrected chi connectivity index (χ4v) is 1.91. The summed E-state index contributed by atoms with van der Waals surface area (Å²) in [6.07, 6.45) is 2.09. The summed E-state index contributed by atoms with van der Waals surface area (Å²) in [5, 5.41) is 9.11. The van der Waals surface area contributed by atoms with E-state index in [4.69, 9.17) is 10.8 Å². The van der Waals surface area contributed by atoms with Crippen molar-refractivity contribution in [1.82, 2.24) is 4.90 Å². The Bertz CT molecular complexity index is 138. The quantitative estimate of drug-likeness (QED) is 0.624. The number of aliphatic hydroxyl groups excluding tert-OH is 1. The van der Waals surface area contributed by atoms with Crippen molar-refractivity contribution in [2.75, 3.05) is 13.2 Å². The van der Waals surface area contributed by atoms with E-state index in [0.29, 0.717) is 18.1 Å². The molecule has 0 unspecified atom stereocenters. The second-order valence-corrected chi connectivity index (χ2v) is 3.96. The Morgan fingerprint density at radius 2 is 2.17 bits per heavy atom. The van der Waals surface area contributed by atoms with Gasteiger partial charge in [0.25, 0.3) is 0 Å². The van der Waals surface area contributed by atoms with Crippen LogP contribution in [0.3, 0.4) is 0 Å². The molecule has 0 aromatic heterocycles. The van der Waals surface area contributed by atoms with Crippen molar-refractivity contribution in [3.8, 4) is 0 Å². The number of likely N-dealkylation sites (tertiary alicyclic amines) is 1. The summed E-state index contributed by atoms with van der Waals surface area (Å²) >= 11 is 0. The summed E-state index contributed by atoms with van der Waals surface area (Å²) < 4.78 is 0. The van der Waals surface area contributed by atoms with Gasteiger partial charge in [-0.25, -0.2) is 0 Å². The third-order valence-corrected chi connectivity index (χ3v) is 2.66. The van der Waals surface area contributed by atoms with Gasteiger partial charge in [-0.05, 0) is 26.7 Å². The van der Waals surface area contributed by atoms with Crippen LogP contribution < -0.4 is 5.73 Å². The van der Waals surface area contributed by atoms with Crippen molar-refractivity contribution in [1.29, 1.82) is 0 Å². The highest BCUT2D eigenvalue weighted by Crippen LogP contribution is 2.18. The molecule has 3 heteroatoms. The zero-order chi connectivity index (χ0) is 9.14. The number of nitrogens with two attached hydrogens (primary N) is 1. The van der Waals surface area contributed by atoms with Crippen LogP contribution in [0.1, 0.15) is 26.7 Å². The molecule has 0 aromatic rings. The Morgan fingerprint density at radius 1 is 1.50 bits per heavy atom. The van der Waals surface area contributed by atoms with Gasteiger partial charge in [0.05, 0.1) is 6.61 Å². The highest BCUT2D eigenvalue weighted by molar-refractivity contribution is 4.84. The molecule has 2 atom stereocenters. The van der Waals surface area contributed by atoms with E-state index in [1.165, 1.54) is 0 Å². The molecule has 1 saturated heterocycles. The van der Waals surface area contributed by atoms with E-state index in [1.807, 2.05) is 0 Å². The lowest BCUT2D eigenvalue weighted by atomic mass is 9.98. The maximum Gasteiger partial charge on any atom is 0.0587 e. The van der Waals surface area contributed by atoms with Gasteiger partial charge in [-0.1, -0.05) is 0 Å². The van der Waals surface area contributed by atoms with Crippen molar-refractivity contribution >= 4 is 0 Å². The van der Waals surface area contributed by atoms with Crippen LogP contribution in [0.15, 0.2) is 0 Å². The van der Waals surface area contributed by atoms with Crippen LogP contribution in [0, 0.1) is 0 Å². The highest BCUT2D eigenvalue weighted by atomic mass is 16.3. The van der Waals surface area contributed by atoms with E-state index in [-0.39, 0.29) is 6.61 Å². The minimum Gasteiger partial charge on any atom is -0.395 e. The molecule has 0 amide bonds. The van der Waals surface area contributed by atoms with E-state index in [9.17, 15) is 0 Å². The average molecular weight is 172 g/mol. The standard InChI is InChI=1S/C9H20N2O/c1-7(2)11-5-8(10)3-4-9(11)6-12/h7-9,12H,3-6,10H2,1-2H3/t8-,9+/m0/s1. The molecule has 0 radical (unpaired) electrons. The van der Waals surface area contributed by atoms with Crippen molar-refractivity contribution in [2.24, 2.45) is 5.73 Å². The first-order chi connectivity index (χ1) is 5.65. The normalized spacial score (nSPS) is 32.8. The number of rotatable bonds is 2. The van der Waals surface area contributed by atoms with Gasteiger partial charge < -0.3 is 10.8 Å². The van der Waals surface area contributed by atoms with Crippen LogP contribution in [-0.4, -0.2) is 41.3 Å². The second kappa shape index (κ2) is 4.21. The van der Waals surface area contributed by atoms with E-state index in [1.54, 1.807) is 0 Å². The van der Waals surface area contributed by atoms with E-state index in [0.717, 1.165) is 19.4 Å². The monoisotopic (exact) mass is 172 g/mol. The molecule has 1 aliphatic heterocycles. The van der Waals surface area contributed by atoms with E-state index < -0.39 is 0 Å². The maximum absolute atomic E-state index is 9.11. The van der Waals surface area contributed by atoms with Crippen LogP contribution in [0.25, 0.3) is 0 Å². The number of piperidine rings is 1. The average Bonchev–Trinajstić information content (AvgIpc) is 2.04. The summed E-state index contributed by atoms with van der Waals surface area (Å²) in [6, 6.07) is 1.13. The van der Waals surface area contributed by atoms with E-state index >= 15 is 0 Å². The molecule has 3 nitrogen and oxygen atoms in total. The summed E-state index contributed by atoms with van der Waals surface area (Å²) in [6.45, 7) is 5.51. The maximum atomic E-state index is 9.11. The molecule has 12 heavy (non-hydrogen) atoms. The van der Waals surface area contributed by atoms with Gasteiger partial charge in [-0.3, -0.25) is 4.90 Å². The summed E-state index contributed by atoms with van der Waals surface area (Å²) in [5.41, 5.74) is 5.86. The van der Waals surface area contributed by atoms with Gasteiger partial charge in [0.1, 0.15) is 0 Å². The fraction of sp³-hybridized carbons (Fsp3) is 1.00. The summed E-state index contributed by atoms with van der Waals surface area (Å²) in [4.78, 5) is 2.30. The first kappa shape index (κ1) is 9.96. The van der Waals surface area contributed by atoms with Crippen molar-refractivity contribution in [3.05, 3.63) is 0 Å². The number of hydrogen-bond donors (Lipinski definition) is 2. The van der Waals surface area contributed by atoms with Crippen LogP contribution in [0.5, 0.6) is 0 Å². The van der Waals surface area contributed by atoms with Crippen LogP contribution >= 0.6 is 0 Å². The fourth-order valence-electron chi connectivity index (χ4n) is 1.91. The Morgan fingerprint density at radius 3 is 2.67 bits per heavy atom. The van der Waals surface area contributed by atoms with Crippen LogP contribution in [0.2, 0.25) is 0 Å². The van der Waals surface area contributed by atoms with Crippen molar-refractivity contribution in [3.63, 3.8) is 0 Å². The molecule has 1 heterocycles. The van der Waals surface area contributed by atoms with Gasteiger partial charge in [0.2, 0.25) is 0 Å². The Hall–Kier alpha value is -0.120. The number of nitrogens with zero attached hydrogens (tertiary/aromatic N) is 1. The Balaban J connectivity index is 2.52. The van der Waals surface area contributed by atoms with Gasteiger partial charge in [-0.2, -0.15) is 0 Å². The molecule has 1 rings (SSSR count). The SMILES string of the molecule is CC(C)N1C[C@@H](N)CC[C@@H]1CO. The van der Waals surface area contributed by atoms with Crippen molar-refractivity contribution < 1.29 is 5.11 Å². The Kier molecular flexibility index (Phi) is 3.50. The molecular weight excluding hydrogens is 152 g/mol. The minimum atomic E-state index is 0.269. The van der Waals surface area contributed by atoms with Gasteiger partial charge >= 0.3 is 0 Å². The highest BCUT2D eigenvalue weighted by Gasteiger charge is 2.27. The molecule has 0 bridgehead atoms. The predicted octanol–water partition coefficient (Wildman–Crippen LogP) is 0.179. The van der Waals surface area contributed by atoms with Gasteiger partial charge in [-0.15, -0.1) is 0 Å². The third kappa shape index (κ3) is 2.19. The van der Waals surface area contributed by atoms with E-state index in [2.05, 4.69) is 18.7 Å². The largest absolute Gasteiger partial charge is 0.395 e. The lowest BCUT2D eigenvalue weighted by Crippen LogP contribution is -2.52. The molecule has 1 fully saturated rings. The van der Waals surface area contributed by atoms with Crippen LogP contribution in [-0.2, 0) is 0 Å². The minimum absolute atomic E-state index is 0.269. The predicted molar refractivity (Wildman–Crippen MR) is 49.9 cm³/mol. The smallest absolute Gasteiger partial charge is 0.0587 e. The van der Waals surface area contributed by atoms with Crippen LogP contribution in [0.4, 0.5) is 0 Å². The topological polar surface area (TPSA) is 49.5 Å². The summed E-state index contributed by atoms with van der Waals surface area (Å²) in [5.74, 6) is 0. The Labute approximate surface area is 74.5 Å². The lowest BCUT2D eigenvalue weighted by Gasteiger charge is -2.40. The van der Waals surface area contributed by atoms with Gasteiger partial charge in [0, 0.05) is 24.7 Å². The molecule has 0 aromatic carbocycles.